The van der Waals surface area contributed by atoms with Gasteiger partial charge in [-0.25, -0.2) is 0 Å². The van der Waals surface area contributed by atoms with Gasteiger partial charge in [0.1, 0.15) is 31.5 Å². The first kappa shape index (κ1) is 19.6. The number of hydrogen-bond donors (Lipinski definition) is 2. The van der Waals surface area contributed by atoms with Crippen molar-refractivity contribution in [1.82, 2.24) is 0 Å². The first-order valence-electron chi connectivity index (χ1n) is 9.36. The highest BCUT2D eigenvalue weighted by Crippen LogP contribution is 2.32. The summed E-state index contributed by atoms with van der Waals surface area (Å²) in [4.78, 5) is 1.32. The van der Waals surface area contributed by atoms with Crippen LogP contribution in [0.2, 0.25) is 0 Å². The highest BCUT2D eigenvalue weighted by atomic mass is 32.1. The van der Waals surface area contributed by atoms with Gasteiger partial charge in [0.2, 0.25) is 0 Å². The van der Waals surface area contributed by atoms with Gasteiger partial charge in [-0.3, -0.25) is 0 Å². The van der Waals surface area contributed by atoms with Gasteiger partial charge in [0, 0.05) is 5.41 Å². The third-order valence-electron chi connectivity index (χ3n) is 4.88. The number of ether oxygens (including phenoxy) is 1. The van der Waals surface area contributed by atoms with E-state index < -0.39 is 6.10 Å². The van der Waals surface area contributed by atoms with Gasteiger partial charge in [0.15, 0.2) is 0 Å². The molecule has 0 aliphatic rings. The third-order valence-corrected chi connectivity index (χ3v) is 5.78. The van der Waals surface area contributed by atoms with E-state index in [-0.39, 0.29) is 5.41 Å². The molecule has 3 nitrogen and oxygen atoms in total. The summed E-state index contributed by atoms with van der Waals surface area (Å²) in [5.41, 5.74) is 2.47. The number of nitrogens with two attached hydrogens (primary N) is 1. The van der Waals surface area contributed by atoms with E-state index in [1.807, 2.05) is 18.2 Å². The molecule has 0 bridgehead atoms. The standard InChI is InChI=1S/C23H27NO2S/c1-23(2,18-7-4-3-5-8-18)19-10-12-21(13-11-19)26-17-20(25)15-24-16-22-9-6-14-27-22/h3-14,20,24-25H,15-17H2,1-2H3/p+1/t20-/m1/s1. The number of benzene rings is 2. The SMILES string of the molecule is CC(C)(c1ccccc1)c1ccc(OC[C@H](O)C[NH2+]Cc2cccs2)cc1. The van der Waals surface area contributed by atoms with Gasteiger partial charge in [-0.2, -0.15) is 0 Å². The summed E-state index contributed by atoms with van der Waals surface area (Å²) >= 11 is 1.74. The minimum absolute atomic E-state index is 0.0595. The Morgan fingerprint density at radius 1 is 0.963 bits per heavy atom. The van der Waals surface area contributed by atoms with Gasteiger partial charge in [0.25, 0.3) is 0 Å². The number of thiophene rings is 1. The van der Waals surface area contributed by atoms with Crippen molar-refractivity contribution in [2.75, 3.05) is 13.2 Å². The Labute approximate surface area is 165 Å². The first-order valence-corrected chi connectivity index (χ1v) is 10.2. The predicted octanol–water partition coefficient (Wildman–Crippen LogP) is 3.58. The lowest BCUT2D eigenvalue weighted by atomic mass is 9.78. The molecular formula is C23H28NO2S+. The average molecular weight is 383 g/mol. The zero-order chi connectivity index (χ0) is 19.1. The van der Waals surface area contributed by atoms with Gasteiger partial charge in [-0.05, 0) is 34.7 Å². The summed E-state index contributed by atoms with van der Waals surface area (Å²) in [5, 5.41) is 14.3. The fraction of sp³-hybridized carbons (Fsp3) is 0.304. The van der Waals surface area contributed by atoms with Gasteiger partial charge < -0.3 is 15.2 Å². The average Bonchev–Trinajstić information content (AvgIpc) is 3.21. The predicted molar refractivity (Wildman–Crippen MR) is 111 cm³/mol. The fourth-order valence-corrected chi connectivity index (χ4v) is 3.80. The summed E-state index contributed by atoms with van der Waals surface area (Å²) in [5.74, 6) is 0.792. The highest BCUT2D eigenvalue weighted by molar-refractivity contribution is 7.09. The van der Waals surface area contributed by atoms with Crippen LogP contribution in [-0.2, 0) is 12.0 Å². The molecule has 1 heterocycles. The Morgan fingerprint density at radius 3 is 2.33 bits per heavy atom. The molecule has 3 aromatic rings. The van der Waals surface area contributed by atoms with Crippen molar-refractivity contribution in [3.8, 4) is 5.75 Å². The molecule has 1 aromatic heterocycles. The van der Waals surface area contributed by atoms with Crippen molar-refractivity contribution in [2.45, 2.75) is 31.9 Å². The van der Waals surface area contributed by atoms with Crippen molar-refractivity contribution in [1.29, 1.82) is 0 Å². The summed E-state index contributed by atoms with van der Waals surface area (Å²) in [6.07, 6.45) is -0.481. The number of rotatable bonds is 9. The van der Waals surface area contributed by atoms with Crippen LogP contribution >= 0.6 is 11.3 Å². The Bertz CT molecular complexity index is 798. The zero-order valence-electron chi connectivity index (χ0n) is 16.0. The first-order chi connectivity index (χ1) is 13.1. The minimum Gasteiger partial charge on any atom is -0.491 e. The van der Waals surface area contributed by atoms with Crippen LogP contribution in [0.1, 0.15) is 29.9 Å². The van der Waals surface area contributed by atoms with Crippen LogP contribution in [0, 0.1) is 0 Å². The number of aliphatic hydroxyl groups excluding tert-OH is 1. The molecule has 3 N–H and O–H groups in total. The lowest BCUT2D eigenvalue weighted by molar-refractivity contribution is -0.676. The molecular weight excluding hydrogens is 354 g/mol. The van der Waals surface area contributed by atoms with E-state index in [1.165, 1.54) is 16.0 Å². The fourth-order valence-electron chi connectivity index (χ4n) is 3.10. The third kappa shape index (κ3) is 5.42. The quantitative estimate of drug-likeness (QED) is 0.594. The lowest BCUT2D eigenvalue weighted by Gasteiger charge is -2.26. The summed E-state index contributed by atoms with van der Waals surface area (Å²) in [6, 6.07) is 22.9. The second-order valence-electron chi connectivity index (χ2n) is 7.29. The maximum atomic E-state index is 10.1. The second-order valence-corrected chi connectivity index (χ2v) is 8.32. The Kier molecular flexibility index (Phi) is 6.67. The number of quaternary nitrogens is 1. The molecule has 142 valence electrons. The van der Waals surface area contributed by atoms with E-state index in [0.29, 0.717) is 13.2 Å². The molecule has 3 rings (SSSR count). The topological polar surface area (TPSA) is 46.1 Å². The van der Waals surface area contributed by atoms with Crippen molar-refractivity contribution in [3.63, 3.8) is 0 Å². The van der Waals surface area contributed by atoms with E-state index in [2.05, 4.69) is 73.1 Å². The van der Waals surface area contributed by atoms with Gasteiger partial charge in [-0.1, -0.05) is 62.4 Å². The molecule has 1 atom stereocenters. The number of aliphatic hydroxyl groups is 1. The Hall–Kier alpha value is -2.14. The largest absolute Gasteiger partial charge is 0.491 e. The Morgan fingerprint density at radius 2 is 1.67 bits per heavy atom. The van der Waals surface area contributed by atoms with Crippen molar-refractivity contribution < 1.29 is 15.2 Å². The molecule has 0 amide bonds. The summed E-state index contributed by atoms with van der Waals surface area (Å²) in [6.45, 7) is 6.30. The van der Waals surface area contributed by atoms with Gasteiger partial charge in [0.05, 0.1) is 4.88 Å². The zero-order valence-corrected chi connectivity index (χ0v) is 16.8. The minimum atomic E-state index is -0.481. The maximum Gasteiger partial charge on any atom is 0.137 e. The molecule has 0 saturated carbocycles. The normalized spacial score (nSPS) is 12.7. The molecule has 0 unspecified atom stereocenters. The van der Waals surface area contributed by atoms with E-state index in [0.717, 1.165) is 12.3 Å². The molecule has 4 heteroatoms. The van der Waals surface area contributed by atoms with Crippen molar-refractivity contribution in [3.05, 3.63) is 88.1 Å². The summed E-state index contributed by atoms with van der Waals surface area (Å²) < 4.78 is 5.76. The molecule has 0 aliphatic carbocycles. The van der Waals surface area contributed by atoms with Crippen LogP contribution in [0.25, 0.3) is 0 Å². The highest BCUT2D eigenvalue weighted by Gasteiger charge is 2.22. The lowest BCUT2D eigenvalue weighted by Crippen LogP contribution is -2.85. The van der Waals surface area contributed by atoms with E-state index in [4.69, 9.17) is 4.74 Å². The molecule has 27 heavy (non-hydrogen) atoms. The van der Waals surface area contributed by atoms with Crippen molar-refractivity contribution in [2.24, 2.45) is 0 Å². The van der Waals surface area contributed by atoms with Crippen LogP contribution in [0.3, 0.4) is 0 Å². The monoisotopic (exact) mass is 382 g/mol. The van der Waals surface area contributed by atoms with Crippen LogP contribution in [0.5, 0.6) is 5.75 Å². The molecule has 0 aliphatic heterocycles. The van der Waals surface area contributed by atoms with Crippen LogP contribution in [0.4, 0.5) is 0 Å². The van der Waals surface area contributed by atoms with E-state index in [9.17, 15) is 5.11 Å². The second kappa shape index (κ2) is 9.18. The van der Waals surface area contributed by atoms with E-state index >= 15 is 0 Å². The van der Waals surface area contributed by atoms with Crippen LogP contribution in [-0.4, -0.2) is 24.4 Å². The smallest absolute Gasteiger partial charge is 0.137 e. The Balaban J connectivity index is 1.49. The van der Waals surface area contributed by atoms with E-state index in [1.54, 1.807) is 11.3 Å². The molecule has 2 aromatic carbocycles. The molecule has 0 fully saturated rings. The van der Waals surface area contributed by atoms with Crippen LogP contribution in [0.15, 0.2) is 72.1 Å². The van der Waals surface area contributed by atoms with Crippen LogP contribution < -0.4 is 10.1 Å². The number of hydrogen-bond acceptors (Lipinski definition) is 3. The summed E-state index contributed by atoms with van der Waals surface area (Å²) in [7, 11) is 0. The van der Waals surface area contributed by atoms with Gasteiger partial charge >= 0.3 is 0 Å². The van der Waals surface area contributed by atoms with Crippen molar-refractivity contribution >= 4 is 11.3 Å². The molecule has 0 spiro atoms. The van der Waals surface area contributed by atoms with Gasteiger partial charge in [-0.15, -0.1) is 11.3 Å². The maximum absolute atomic E-state index is 10.1. The molecule has 0 saturated heterocycles. The molecule has 0 radical (unpaired) electrons.